The first-order valence-corrected chi connectivity index (χ1v) is 8.84. The normalized spacial score (nSPS) is 13.3. The van der Waals surface area contributed by atoms with Crippen LogP contribution in [0, 0.1) is 0 Å². The highest BCUT2D eigenvalue weighted by Crippen LogP contribution is 2.19. The first kappa shape index (κ1) is 19.9. The average molecular weight is 347 g/mol. The van der Waals surface area contributed by atoms with Gasteiger partial charge < -0.3 is 19.3 Å². The number of aliphatic hydroxyl groups excluding tert-OH is 1. The smallest absolute Gasteiger partial charge is 0.216 e. The van der Waals surface area contributed by atoms with Gasteiger partial charge in [-0.15, -0.1) is 0 Å². The zero-order chi connectivity index (χ0) is 17.3. The van der Waals surface area contributed by atoms with Gasteiger partial charge in [-0.25, -0.2) is 12.7 Å². The Balaban J connectivity index is 2.50. The lowest BCUT2D eigenvalue weighted by Crippen LogP contribution is -2.34. The van der Waals surface area contributed by atoms with Crippen molar-refractivity contribution in [3.63, 3.8) is 0 Å². The Morgan fingerprint density at radius 3 is 2.35 bits per heavy atom. The molecular weight excluding hydrogens is 322 g/mol. The van der Waals surface area contributed by atoms with Gasteiger partial charge in [-0.3, -0.25) is 0 Å². The molecule has 0 bridgehead atoms. The number of ether oxygens (including phenoxy) is 3. The van der Waals surface area contributed by atoms with Crippen molar-refractivity contribution >= 4 is 10.0 Å². The molecule has 0 aliphatic rings. The second kappa shape index (κ2) is 9.84. The topological polar surface area (TPSA) is 85.3 Å². The number of hydrogen-bond donors (Lipinski definition) is 1. The van der Waals surface area contributed by atoms with Crippen molar-refractivity contribution in [1.82, 2.24) is 4.31 Å². The van der Waals surface area contributed by atoms with Gasteiger partial charge in [0.2, 0.25) is 10.0 Å². The molecule has 0 saturated carbocycles. The Bertz CT molecular complexity index is 546. The fourth-order valence-corrected chi connectivity index (χ4v) is 2.86. The molecular formula is C15H25NO6S. The van der Waals surface area contributed by atoms with Crippen LogP contribution < -0.4 is 4.74 Å². The molecule has 23 heavy (non-hydrogen) atoms. The van der Waals surface area contributed by atoms with Crippen LogP contribution in [-0.4, -0.2) is 71.2 Å². The fourth-order valence-electron chi connectivity index (χ4n) is 1.85. The summed E-state index contributed by atoms with van der Waals surface area (Å²) >= 11 is 0. The number of methoxy groups -OCH3 is 2. The third-order valence-electron chi connectivity index (χ3n) is 3.32. The minimum atomic E-state index is -3.48. The molecule has 1 N–H and O–H groups in total. The Kier molecular flexibility index (Phi) is 8.49. The predicted octanol–water partition coefficient (Wildman–Crippen LogP) is 0.653. The summed E-state index contributed by atoms with van der Waals surface area (Å²) in [5, 5.41) is 10.2. The predicted molar refractivity (Wildman–Crippen MR) is 87.1 cm³/mol. The van der Waals surface area contributed by atoms with Crippen LogP contribution in [0.4, 0.5) is 0 Å². The number of benzene rings is 1. The second-order valence-electron chi connectivity index (χ2n) is 4.99. The van der Waals surface area contributed by atoms with Crippen molar-refractivity contribution in [3.8, 4) is 5.75 Å². The minimum Gasteiger partial charge on any atom is -0.497 e. The van der Waals surface area contributed by atoms with Crippen molar-refractivity contribution in [2.75, 3.05) is 53.4 Å². The lowest BCUT2D eigenvalue weighted by atomic mass is 10.1. The van der Waals surface area contributed by atoms with Crippen LogP contribution >= 0.6 is 0 Å². The van der Waals surface area contributed by atoms with E-state index in [4.69, 9.17) is 14.2 Å². The summed E-state index contributed by atoms with van der Waals surface area (Å²) < 4.78 is 40.4. The number of nitrogens with zero attached hydrogens (tertiary/aromatic N) is 1. The minimum absolute atomic E-state index is 0.0211. The van der Waals surface area contributed by atoms with E-state index in [1.807, 2.05) is 0 Å². The number of hydrogen-bond acceptors (Lipinski definition) is 6. The Morgan fingerprint density at radius 1 is 1.13 bits per heavy atom. The van der Waals surface area contributed by atoms with Crippen LogP contribution in [0.15, 0.2) is 24.3 Å². The molecule has 0 aliphatic heterocycles. The molecule has 1 unspecified atom stereocenters. The monoisotopic (exact) mass is 347 g/mol. The third-order valence-corrected chi connectivity index (χ3v) is 5.10. The van der Waals surface area contributed by atoms with Crippen molar-refractivity contribution < 1.29 is 27.7 Å². The molecule has 0 spiro atoms. The van der Waals surface area contributed by atoms with Crippen molar-refractivity contribution in [3.05, 3.63) is 29.8 Å². The summed E-state index contributed by atoms with van der Waals surface area (Å²) in [4.78, 5) is 0. The van der Waals surface area contributed by atoms with Crippen LogP contribution in [0.1, 0.15) is 11.7 Å². The van der Waals surface area contributed by atoms with Crippen LogP contribution in [0.2, 0.25) is 0 Å². The largest absolute Gasteiger partial charge is 0.497 e. The Morgan fingerprint density at radius 2 is 1.78 bits per heavy atom. The van der Waals surface area contributed by atoms with Gasteiger partial charge in [0.1, 0.15) is 5.75 Å². The van der Waals surface area contributed by atoms with Gasteiger partial charge >= 0.3 is 0 Å². The summed E-state index contributed by atoms with van der Waals surface area (Å²) in [7, 11) is 1.07. The van der Waals surface area contributed by atoms with Gasteiger partial charge in [-0.1, -0.05) is 12.1 Å². The zero-order valence-electron chi connectivity index (χ0n) is 13.8. The van der Waals surface area contributed by atoms with Gasteiger partial charge in [-0.2, -0.15) is 0 Å². The SMILES string of the molecule is COCCOCCS(=O)(=O)N(C)CC(O)c1ccc(OC)cc1. The lowest BCUT2D eigenvalue weighted by Gasteiger charge is -2.21. The zero-order valence-corrected chi connectivity index (χ0v) is 14.6. The van der Waals surface area contributed by atoms with Crippen LogP contribution in [0.3, 0.4) is 0 Å². The van der Waals surface area contributed by atoms with E-state index < -0.39 is 16.1 Å². The highest BCUT2D eigenvalue weighted by atomic mass is 32.2. The van der Waals surface area contributed by atoms with E-state index in [0.29, 0.717) is 24.5 Å². The molecule has 0 fully saturated rings. The lowest BCUT2D eigenvalue weighted by molar-refractivity contribution is 0.0780. The number of aliphatic hydroxyl groups is 1. The first-order chi connectivity index (χ1) is 10.9. The third kappa shape index (κ3) is 6.84. The second-order valence-corrected chi connectivity index (χ2v) is 7.19. The highest BCUT2D eigenvalue weighted by Gasteiger charge is 2.21. The summed E-state index contributed by atoms with van der Waals surface area (Å²) in [6, 6.07) is 6.85. The maximum absolute atomic E-state index is 12.1. The average Bonchev–Trinajstić information content (AvgIpc) is 2.54. The van der Waals surface area contributed by atoms with Gasteiger partial charge in [-0.05, 0) is 17.7 Å². The van der Waals surface area contributed by atoms with Gasteiger partial charge in [0.15, 0.2) is 0 Å². The van der Waals surface area contributed by atoms with Crippen molar-refractivity contribution in [2.24, 2.45) is 0 Å². The summed E-state index contributed by atoms with van der Waals surface area (Å²) in [5.74, 6) is 0.540. The molecule has 7 nitrogen and oxygen atoms in total. The number of rotatable bonds is 11. The maximum atomic E-state index is 12.1. The van der Waals surface area contributed by atoms with Gasteiger partial charge in [0.05, 0.1) is 38.8 Å². The maximum Gasteiger partial charge on any atom is 0.216 e. The van der Waals surface area contributed by atoms with E-state index in [1.54, 1.807) is 38.5 Å². The molecule has 1 rings (SSSR count). The van der Waals surface area contributed by atoms with E-state index >= 15 is 0 Å². The van der Waals surface area contributed by atoms with Crippen molar-refractivity contribution in [2.45, 2.75) is 6.10 Å². The molecule has 0 heterocycles. The molecule has 0 aromatic heterocycles. The van der Waals surface area contributed by atoms with E-state index in [2.05, 4.69) is 0 Å². The summed E-state index contributed by atoms with van der Waals surface area (Å²) in [6.07, 6.45) is -0.907. The van der Waals surface area contributed by atoms with Crippen LogP contribution in [0.5, 0.6) is 5.75 Å². The highest BCUT2D eigenvalue weighted by molar-refractivity contribution is 7.89. The number of likely N-dealkylation sites (N-methyl/N-ethyl adjacent to an activating group) is 1. The van der Waals surface area contributed by atoms with E-state index in [-0.39, 0.29) is 18.9 Å². The Labute approximate surface area is 137 Å². The number of sulfonamides is 1. The van der Waals surface area contributed by atoms with E-state index in [0.717, 1.165) is 4.31 Å². The van der Waals surface area contributed by atoms with Crippen LogP contribution in [-0.2, 0) is 19.5 Å². The van der Waals surface area contributed by atoms with E-state index in [1.165, 1.54) is 7.05 Å². The quantitative estimate of drug-likeness (QED) is 0.592. The van der Waals surface area contributed by atoms with Crippen LogP contribution in [0.25, 0.3) is 0 Å². The molecule has 1 atom stereocenters. The Hall–Kier alpha value is -1.19. The molecule has 0 saturated heterocycles. The standard InChI is InChI=1S/C15H25NO6S/c1-16(23(18,19)11-10-22-9-8-20-2)12-15(17)13-4-6-14(21-3)7-5-13/h4-7,15,17H,8-12H2,1-3H3. The summed E-state index contributed by atoms with van der Waals surface area (Å²) in [6.45, 7) is 0.845. The molecule has 1 aromatic rings. The molecule has 0 amide bonds. The first-order valence-electron chi connectivity index (χ1n) is 7.23. The summed E-state index contributed by atoms with van der Waals surface area (Å²) in [5.41, 5.74) is 0.629. The van der Waals surface area contributed by atoms with Crippen molar-refractivity contribution in [1.29, 1.82) is 0 Å². The molecule has 1 aromatic carbocycles. The van der Waals surface area contributed by atoms with Gasteiger partial charge in [0, 0.05) is 20.7 Å². The molecule has 132 valence electrons. The molecule has 0 radical (unpaired) electrons. The molecule has 0 aliphatic carbocycles. The van der Waals surface area contributed by atoms with Gasteiger partial charge in [0.25, 0.3) is 0 Å². The molecule has 8 heteroatoms. The van der Waals surface area contributed by atoms with E-state index in [9.17, 15) is 13.5 Å². The fraction of sp³-hybridized carbons (Fsp3) is 0.600.